The molecular weight excluding hydrogens is 462 g/mol. The van der Waals surface area contributed by atoms with Crippen molar-refractivity contribution in [3.8, 4) is 0 Å². The summed E-state index contributed by atoms with van der Waals surface area (Å²) in [5.74, 6) is -2.18. The van der Waals surface area contributed by atoms with Crippen molar-refractivity contribution < 1.29 is 22.7 Å². The van der Waals surface area contributed by atoms with Crippen molar-refractivity contribution in [3.05, 3.63) is 91.6 Å². The van der Waals surface area contributed by atoms with Gasteiger partial charge in [0.05, 0.1) is 17.0 Å². The molecule has 11 heteroatoms. The third-order valence-corrected chi connectivity index (χ3v) is 6.35. The van der Waals surface area contributed by atoms with E-state index >= 15 is 0 Å². The van der Waals surface area contributed by atoms with Gasteiger partial charge in [0.25, 0.3) is 5.56 Å². The summed E-state index contributed by atoms with van der Waals surface area (Å²) < 4.78 is 30.5. The number of carbonyl (C=O) groups is 2. The maximum Gasteiger partial charge on any atom is 0.338 e. The van der Waals surface area contributed by atoms with Crippen LogP contribution in [0.1, 0.15) is 31.8 Å². The van der Waals surface area contributed by atoms with Gasteiger partial charge in [0, 0.05) is 13.3 Å². The van der Waals surface area contributed by atoms with Crippen molar-refractivity contribution in [2.24, 2.45) is 7.05 Å². The van der Waals surface area contributed by atoms with E-state index < -0.39 is 45.0 Å². The fourth-order valence-electron chi connectivity index (χ4n) is 3.30. The highest BCUT2D eigenvalue weighted by Gasteiger charge is 2.24. The predicted octanol–water partition coefficient (Wildman–Crippen LogP) is 0.929. The van der Waals surface area contributed by atoms with Gasteiger partial charge in [0.15, 0.2) is 16.4 Å². The molecule has 0 aliphatic heterocycles. The number of Topliss-reactive ketones (excluding diaryl/α,β-unsaturated/α-hetero) is 1. The van der Waals surface area contributed by atoms with Crippen LogP contribution < -0.4 is 17.0 Å². The average molecular weight is 486 g/mol. The summed E-state index contributed by atoms with van der Waals surface area (Å²) in [7, 11) is -2.35. The first-order valence-corrected chi connectivity index (χ1v) is 11.9. The lowest BCUT2D eigenvalue weighted by atomic mass is 10.1. The molecule has 0 saturated heterocycles. The van der Waals surface area contributed by atoms with Crippen LogP contribution in [0.4, 0.5) is 5.82 Å². The first-order chi connectivity index (χ1) is 15.9. The molecule has 178 valence electrons. The second-order valence-electron chi connectivity index (χ2n) is 7.73. The number of benzene rings is 2. The molecule has 0 atom stereocenters. The number of rotatable bonds is 7. The Morgan fingerprint density at radius 2 is 1.71 bits per heavy atom. The van der Waals surface area contributed by atoms with Crippen LogP contribution in [0, 0.1) is 6.92 Å². The third kappa shape index (κ3) is 4.99. The van der Waals surface area contributed by atoms with Crippen LogP contribution in [0.5, 0.6) is 0 Å². The van der Waals surface area contributed by atoms with Gasteiger partial charge in [-0.05, 0) is 30.2 Å². The molecule has 3 aromatic rings. The van der Waals surface area contributed by atoms with Gasteiger partial charge in [-0.15, -0.1) is 0 Å². The molecule has 0 unspecified atom stereocenters. The predicted molar refractivity (Wildman–Crippen MR) is 125 cm³/mol. The van der Waals surface area contributed by atoms with Crippen LogP contribution in [0.2, 0.25) is 0 Å². The van der Waals surface area contributed by atoms with E-state index in [4.69, 9.17) is 10.5 Å². The second-order valence-corrected chi connectivity index (χ2v) is 9.74. The quantitative estimate of drug-likeness (QED) is 0.384. The molecule has 0 saturated carbocycles. The van der Waals surface area contributed by atoms with E-state index in [1.54, 1.807) is 37.3 Å². The Bertz CT molecular complexity index is 1500. The second kappa shape index (κ2) is 9.48. The number of hydrogen-bond donors (Lipinski definition) is 1. The summed E-state index contributed by atoms with van der Waals surface area (Å²) in [6.07, 6.45) is 0.999. The van der Waals surface area contributed by atoms with Gasteiger partial charge in [-0.2, -0.15) is 0 Å². The summed E-state index contributed by atoms with van der Waals surface area (Å²) in [5, 5.41) is 0. The zero-order valence-electron chi connectivity index (χ0n) is 18.8. The Morgan fingerprint density at radius 3 is 2.32 bits per heavy atom. The van der Waals surface area contributed by atoms with E-state index in [1.807, 2.05) is 0 Å². The number of sulfone groups is 1. The number of hydrogen-bond acceptors (Lipinski definition) is 8. The number of ether oxygens (including phenoxy) is 1. The first kappa shape index (κ1) is 24.6. The van der Waals surface area contributed by atoms with Crippen molar-refractivity contribution >= 4 is 27.4 Å². The fraction of sp³-hybridized carbons (Fsp3) is 0.217. The number of nitrogen functional groups attached to an aromatic ring is 1. The molecule has 2 aromatic carbocycles. The largest absolute Gasteiger partial charge is 0.454 e. The molecule has 0 aliphatic carbocycles. The Labute approximate surface area is 195 Å². The Morgan fingerprint density at radius 1 is 1.06 bits per heavy atom. The minimum absolute atomic E-state index is 0.0250. The van der Waals surface area contributed by atoms with Gasteiger partial charge in [-0.3, -0.25) is 18.7 Å². The lowest BCUT2D eigenvalue weighted by Gasteiger charge is -2.15. The van der Waals surface area contributed by atoms with Crippen molar-refractivity contribution in [1.82, 2.24) is 9.13 Å². The normalized spacial score (nSPS) is 11.3. The number of aromatic nitrogens is 2. The highest BCUT2D eigenvalue weighted by Crippen LogP contribution is 2.17. The first-order valence-electron chi connectivity index (χ1n) is 10.1. The van der Waals surface area contributed by atoms with E-state index in [1.165, 1.54) is 19.2 Å². The maximum absolute atomic E-state index is 12.8. The molecule has 10 nitrogen and oxygen atoms in total. The van der Waals surface area contributed by atoms with Crippen LogP contribution in [0.25, 0.3) is 0 Å². The lowest BCUT2D eigenvalue weighted by Crippen LogP contribution is -2.43. The van der Waals surface area contributed by atoms with Crippen molar-refractivity contribution in [2.75, 3.05) is 18.6 Å². The van der Waals surface area contributed by atoms with Crippen LogP contribution in [-0.4, -0.2) is 42.2 Å². The topological polar surface area (TPSA) is 148 Å². The van der Waals surface area contributed by atoms with Gasteiger partial charge in [-0.25, -0.2) is 18.0 Å². The Balaban J connectivity index is 1.90. The molecule has 34 heavy (non-hydrogen) atoms. The Kier molecular flexibility index (Phi) is 6.87. The SMILES string of the molecule is Cc1ccc(S(C)(=O)=O)cc1C(=O)OCC(=O)c1c(N)n(Cc2ccccc2)c(=O)n(C)c1=O. The van der Waals surface area contributed by atoms with Crippen molar-refractivity contribution in [2.45, 2.75) is 18.4 Å². The molecule has 0 aliphatic rings. The molecule has 1 aromatic heterocycles. The van der Waals surface area contributed by atoms with Gasteiger partial charge < -0.3 is 10.5 Å². The third-order valence-electron chi connectivity index (χ3n) is 5.24. The Hall–Kier alpha value is -3.99. The van der Waals surface area contributed by atoms with E-state index in [0.29, 0.717) is 5.56 Å². The molecule has 0 spiro atoms. The highest BCUT2D eigenvalue weighted by molar-refractivity contribution is 7.90. The maximum atomic E-state index is 12.8. The number of aryl methyl sites for hydroxylation is 1. The smallest absolute Gasteiger partial charge is 0.338 e. The molecule has 3 rings (SSSR count). The summed E-state index contributed by atoms with van der Waals surface area (Å²) in [6, 6.07) is 12.8. The van der Waals surface area contributed by atoms with Gasteiger partial charge in [0.1, 0.15) is 11.4 Å². The summed E-state index contributed by atoms with van der Waals surface area (Å²) >= 11 is 0. The summed E-state index contributed by atoms with van der Waals surface area (Å²) in [6.45, 7) is 0.777. The van der Waals surface area contributed by atoms with E-state index in [-0.39, 0.29) is 22.8 Å². The fourth-order valence-corrected chi connectivity index (χ4v) is 3.94. The van der Waals surface area contributed by atoms with E-state index in [2.05, 4.69) is 0 Å². The molecule has 0 fully saturated rings. The lowest BCUT2D eigenvalue weighted by molar-refractivity contribution is 0.0473. The number of ketones is 1. The molecule has 0 bridgehead atoms. The average Bonchev–Trinajstić information content (AvgIpc) is 2.79. The van der Waals surface area contributed by atoms with E-state index in [0.717, 1.165) is 27.0 Å². The number of carbonyl (C=O) groups excluding carboxylic acids is 2. The van der Waals surface area contributed by atoms with Crippen LogP contribution in [0.15, 0.2) is 63.0 Å². The summed E-state index contributed by atoms with van der Waals surface area (Å²) in [4.78, 5) is 50.5. The van der Waals surface area contributed by atoms with Gasteiger partial charge in [0.2, 0.25) is 5.78 Å². The molecule has 1 heterocycles. The van der Waals surface area contributed by atoms with Crippen LogP contribution in [-0.2, 0) is 28.2 Å². The minimum atomic E-state index is -3.57. The molecule has 0 radical (unpaired) electrons. The molecule has 0 amide bonds. The zero-order valence-corrected chi connectivity index (χ0v) is 19.6. The minimum Gasteiger partial charge on any atom is -0.454 e. The molecular formula is C23H23N3O7S. The van der Waals surface area contributed by atoms with Crippen LogP contribution >= 0.6 is 0 Å². The number of anilines is 1. The van der Waals surface area contributed by atoms with Gasteiger partial charge >= 0.3 is 11.7 Å². The van der Waals surface area contributed by atoms with Crippen molar-refractivity contribution in [1.29, 1.82) is 0 Å². The molecule has 2 N–H and O–H groups in total. The monoisotopic (exact) mass is 485 g/mol. The summed E-state index contributed by atoms with van der Waals surface area (Å²) in [5.41, 5.74) is 5.07. The number of esters is 1. The van der Waals surface area contributed by atoms with Crippen molar-refractivity contribution in [3.63, 3.8) is 0 Å². The number of nitrogens with zero attached hydrogens (tertiary/aromatic N) is 2. The van der Waals surface area contributed by atoms with Crippen LogP contribution in [0.3, 0.4) is 0 Å². The standard InChI is InChI=1S/C23H23N3O7S/c1-14-9-10-16(34(3,31)32)11-17(14)22(29)33-13-18(27)19-20(24)26(23(30)25(2)21(19)28)12-15-7-5-4-6-8-15/h4-11H,12-13,24H2,1-3H3. The van der Waals surface area contributed by atoms with Gasteiger partial charge in [-0.1, -0.05) is 36.4 Å². The highest BCUT2D eigenvalue weighted by atomic mass is 32.2. The number of nitrogens with two attached hydrogens (primary N) is 1. The zero-order chi connectivity index (χ0) is 25.2. The van der Waals surface area contributed by atoms with E-state index in [9.17, 15) is 27.6 Å².